The van der Waals surface area contributed by atoms with Crippen LogP contribution in [0.5, 0.6) is 0 Å². The highest BCUT2D eigenvalue weighted by atomic mass is 35.5. The molecule has 0 bridgehead atoms. The number of nitrogens with one attached hydrogen (secondary N) is 1. The van der Waals surface area contributed by atoms with Crippen LogP contribution in [0.25, 0.3) is 5.65 Å². The summed E-state index contributed by atoms with van der Waals surface area (Å²) in [6.45, 7) is -0.715. The average Bonchev–Trinajstić information content (AvgIpc) is 3.16. The van der Waals surface area contributed by atoms with Gasteiger partial charge in [0.15, 0.2) is 11.1 Å². The van der Waals surface area contributed by atoms with Gasteiger partial charge in [-0.2, -0.15) is 18.3 Å². The zero-order valence-corrected chi connectivity index (χ0v) is 19.0. The van der Waals surface area contributed by atoms with Crippen molar-refractivity contribution in [3.05, 3.63) is 28.7 Å². The Kier molecular flexibility index (Phi) is 6.45. The third-order valence-corrected chi connectivity index (χ3v) is 7.31. The molecule has 3 heterocycles. The summed E-state index contributed by atoms with van der Waals surface area (Å²) in [4.78, 5) is 28.9. The lowest BCUT2D eigenvalue weighted by molar-refractivity contribution is -0.194. The summed E-state index contributed by atoms with van der Waals surface area (Å²) in [5, 5.41) is 16.0. The standard InChI is InChI=1S/C21H23ClF5N5O3/c22-12-5-15-30-14(16(28)10-1-3-20(23,24)4-2-10)9-32(15)31-13(12)7-19(18(34)35)6-11(21(25,26)27)8-29-17(19)33/h5,9-11,16H,1-4,6-8,28H2,(H,29,33)(H,34,35)/t11-,16+,19?/m1/s1. The summed E-state index contributed by atoms with van der Waals surface area (Å²) in [7, 11) is 0. The van der Waals surface area contributed by atoms with Gasteiger partial charge in [0.1, 0.15) is 0 Å². The summed E-state index contributed by atoms with van der Waals surface area (Å²) >= 11 is 6.25. The van der Waals surface area contributed by atoms with Gasteiger partial charge in [0.05, 0.1) is 34.6 Å². The number of carbonyl (C=O) groups excluding carboxylic acids is 1. The second-order valence-corrected chi connectivity index (χ2v) is 9.75. The van der Waals surface area contributed by atoms with Gasteiger partial charge in [-0.05, 0) is 25.2 Å². The Labute approximate surface area is 201 Å². The van der Waals surface area contributed by atoms with Crippen molar-refractivity contribution in [3.63, 3.8) is 0 Å². The van der Waals surface area contributed by atoms with E-state index in [2.05, 4.69) is 10.1 Å². The van der Waals surface area contributed by atoms with Crippen molar-refractivity contribution in [2.45, 2.75) is 56.7 Å². The molecule has 4 N–H and O–H groups in total. The number of hydrogen-bond donors (Lipinski definition) is 3. The molecule has 14 heteroatoms. The van der Waals surface area contributed by atoms with E-state index in [1.54, 1.807) is 0 Å². The molecule has 35 heavy (non-hydrogen) atoms. The van der Waals surface area contributed by atoms with E-state index in [1.165, 1.54) is 16.8 Å². The van der Waals surface area contributed by atoms with Crippen LogP contribution in [0.3, 0.4) is 0 Å². The number of piperidine rings is 1. The zero-order chi connectivity index (χ0) is 25.8. The summed E-state index contributed by atoms with van der Waals surface area (Å²) in [5.41, 5.74) is 4.34. The van der Waals surface area contributed by atoms with Crippen LogP contribution in [0, 0.1) is 17.3 Å². The maximum Gasteiger partial charge on any atom is 0.393 e. The number of nitrogens with zero attached hydrogens (tertiary/aromatic N) is 3. The highest BCUT2D eigenvalue weighted by molar-refractivity contribution is 6.31. The first-order valence-corrected chi connectivity index (χ1v) is 11.4. The molecule has 0 aromatic carbocycles. The van der Waals surface area contributed by atoms with Gasteiger partial charge in [-0.1, -0.05) is 11.6 Å². The SMILES string of the molecule is N[C@H](c1cn2nc(CC3(C(=O)O)C[C@@H](C(F)(F)F)CNC3=O)c(Cl)cc2n1)C1CCC(F)(F)CC1. The number of hydrogen-bond acceptors (Lipinski definition) is 5. The maximum absolute atomic E-state index is 13.5. The zero-order valence-electron chi connectivity index (χ0n) is 18.3. The molecule has 0 spiro atoms. The number of nitrogens with two attached hydrogens (primary N) is 1. The van der Waals surface area contributed by atoms with E-state index < -0.39 is 60.7 Å². The molecule has 2 aliphatic rings. The maximum atomic E-state index is 13.5. The first-order chi connectivity index (χ1) is 16.2. The number of aliphatic carboxylic acids is 1. The predicted octanol–water partition coefficient (Wildman–Crippen LogP) is 3.52. The van der Waals surface area contributed by atoms with E-state index in [0.717, 1.165) is 0 Å². The second-order valence-electron chi connectivity index (χ2n) is 9.34. The fourth-order valence-corrected chi connectivity index (χ4v) is 5.00. The van der Waals surface area contributed by atoms with Gasteiger partial charge in [0.25, 0.3) is 0 Å². The molecule has 8 nitrogen and oxygen atoms in total. The van der Waals surface area contributed by atoms with E-state index in [4.69, 9.17) is 17.3 Å². The van der Waals surface area contributed by atoms with E-state index in [0.29, 0.717) is 5.69 Å². The van der Waals surface area contributed by atoms with E-state index in [9.17, 15) is 36.6 Å². The fourth-order valence-electron chi connectivity index (χ4n) is 4.80. The molecule has 1 aliphatic heterocycles. The third kappa shape index (κ3) is 4.92. The van der Waals surface area contributed by atoms with Crippen molar-refractivity contribution in [1.29, 1.82) is 0 Å². The molecule has 1 aliphatic carbocycles. The van der Waals surface area contributed by atoms with Gasteiger partial charge >= 0.3 is 12.1 Å². The van der Waals surface area contributed by atoms with Crippen LogP contribution in [0.2, 0.25) is 5.02 Å². The lowest BCUT2D eigenvalue weighted by atomic mass is 9.72. The van der Waals surface area contributed by atoms with Crippen molar-refractivity contribution in [3.8, 4) is 0 Å². The van der Waals surface area contributed by atoms with Crippen molar-refractivity contribution in [1.82, 2.24) is 19.9 Å². The molecule has 0 radical (unpaired) electrons. The summed E-state index contributed by atoms with van der Waals surface area (Å²) < 4.78 is 68.2. The minimum atomic E-state index is -4.70. The Morgan fingerprint density at radius 1 is 1.34 bits per heavy atom. The summed E-state index contributed by atoms with van der Waals surface area (Å²) in [5.74, 6) is -7.75. The van der Waals surface area contributed by atoms with Crippen LogP contribution in [0.4, 0.5) is 22.0 Å². The van der Waals surface area contributed by atoms with Gasteiger partial charge in [-0.15, -0.1) is 0 Å². The van der Waals surface area contributed by atoms with Crippen LogP contribution in [0.1, 0.15) is 49.5 Å². The Morgan fingerprint density at radius 3 is 2.60 bits per heavy atom. The third-order valence-electron chi connectivity index (χ3n) is 6.98. The van der Waals surface area contributed by atoms with Crippen LogP contribution >= 0.6 is 11.6 Å². The van der Waals surface area contributed by atoms with E-state index in [1.807, 2.05) is 5.32 Å². The first-order valence-electron chi connectivity index (χ1n) is 11.0. The first kappa shape index (κ1) is 25.5. The second kappa shape index (κ2) is 8.84. The number of carboxylic acids is 1. The lowest BCUT2D eigenvalue weighted by Crippen LogP contribution is -2.57. The smallest absolute Gasteiger partial charge is 0.393 e. The molecule has 3 atom stereocenters. The number of amides is 1. The number of aromatic nitrogens is 3. The molecule has 1 saturated heterocycles. The number of carbonyl (C=O) groups is 2. The van der Waals surface area contributed by atoms with Crippen LogP contribution in [-0.2, 0) is 16.0 Å². The number of imidazole rings is 1. The molecule has 2 aromatic heterocycles. The molecule has 1 saturated carbocycles. The summed E-state index contributed by atoms with van der Waals surface area (Å²) in [6, 6.07) is 0.684. The molecule has 4 rings (SSSR count). The van der Waals surface area contributed by atoms with Crippen molar-refractivity contribution >= 4 is 29.1 Å². The Morgan fingerprint density at radius 2 is 2.00 bits per heavy atom. The Balaban J connectivity index is 1.62. The normalized spacial score (nSPS) is 26.5. The molecule has 1 amide bonds. The van der Waals surface area contributed by atoms with Crippen molar-refractivity contribution in [2.75, 3.05) is 6.54 Å². The molecular formula is C21H23ClF5N5O3. The molecule has 2 aromatic rings. The highest BCUT2D eigenvalue weighted by Gasteiger charge is 2.56. The number of fused-ring (bicyclic) bond motifs is 1. The van der Waals surface area contributed by atoms with Gasteiger partial charge in [0.2, 0.25) is 11.8 Å². The minimum Gasteiger partial charge on any atom is -0.480 e. The molecule has 1 unspecified atom stereocenters. The van der Waals surface area contributed by atoms with Gasteiger partial charge in [-0.25, -0.2) is 18.3 Å². The Hall–Kier alpha value is -2.54. The lowest BCUT2D eigenvalue weighted by Gasteiger charge is -2.37. The topological polar surface area (TPSA) is 123 Å². The fraction of sp³-hybridized carbons (Fsp3) is 0.619. The molecule has 2 fully saturated rings. The van der Waals surface area contributed by atoms with Gasteiger partial charge < -0.3 is 16.2 Å². The van der Waals surface area contributed by atoms with E-state index >= 15 is 0 Å². The van der Waals surface area contributed by atoms with Crippen LogP contribution < -0.4 is 11.1 Å². The number of halogens is 6. The molecule has 192 valence electrons. The number of rotatable bonds is 5. The van der Waals surface area contributed by atoms with E-state index in [-0.39, 0.29) is 48.0 Å². The largest absolute Gasteiger partial charge is 0.480 e. The number of carboxylic acid groups (broad SMARTS) is 1. The quantitative estimate of drug-likeness (QED) is 0.407. The van der Waals surface area contributed by atoms with Gasteiger partial charge in [0, 0.05) is 31.9 Å². The van der Waals surface area contributed by atoms with Crippen molar-refractivity contribution in [2.24, 2.45) is 23.0 Å². The van der Waals surface area contributed by atoms with Crippen LogP contribution in [-0.4, -0.2) is 50.2 Å². The average molecular weight is 524 g/mol. The monoisotopic (exact) mass is 523 g/mol. The number of alkyl halides is 5. The minimum absolute atomic E-state index is 0.0805. The summed E-state index contributed by atoms with van der Waals surface area (Å²) in [6.07, 6.45) is -4.99. The van der Waals surface area contributed by atoms with Crippen molar-refractivity contribution < 1.29 is 36.6 Å². The highest BCUT2D eigenvalue weighted by Crippen LogP contribution is 2.43. The van der Waals surface area contributed by atoms with Crippen LogP contribution in [0.15, 0.2) is 12.3 Å². The Bertz CT molecular complexity index is 1150. The molecular weight excluding hydrogens is 501 g/mol. The predicted molar refractivity (Wildman–Crippen MR) is 113 cm³/mol. The van der Waals surface area contributed by atoms with Gasteiger partial charge in [-0.3, -0.25) is 9.59 Å².